The number of nitrogens with one attached hydrogen (secondary N) is 1. The predicted octanol–water partition coefficient (Wildman–Crippen LogP) is 0.939. The summed E-state index contributed by atoms with van der Waals surface area (Å²) in [6.07, 6.45) is 0.0474. The third-order valence-electron chi connectivity index (χ3n) is 4.64. The van der Waals surface area contributed by atoms with Gasteiger partial charge in [-0.05, 0) is 30.0 Å². The van der Waals surface area contributed by atoms with Crippen LogP contribution in [0.3, 0.4) is 0 Å². The third kappa shape index (κ3) is 2.19. The zero-order chi connectivity index (χ0) is 18.6. The first kappa shape index (κ1) is 15.9. The minimum absolute atomic E-state index is 0.0136. The van der Waals surface area contributed by atoms with E-state index in [0.29, 0.717) is 10.8 Å². The molecule has 2 heterocycles. The van der Waals surface area contributed by atoms with E-state index < -0.39 is 35.6 Å². The maximum Gasteiger partial charge on any atom is 0.335 e. The molecule has 0 bridgehead atoms. The molecule has 4 rings (SSSR count). The van der Waals surface area contributed by atoms with Gasteiger partial charge in [-0.25, -0.2) is 4.79 Å². The van der Waals surface area contributed by atoms with Crippen LogP contribution in [0, 0.1) is 0 Å². The summed E-state index contributed by atoms with van der Waals surface area (Å²) >= 11 is 0. The number of carboxylic acid groups (broad SMARTS) is 1. The Hall–Kier alpha value is -3.55. The van der Waals surface area contributed by atoms with Crippen LogP contribution in [-0.2, 0) is 9.59 Å². The second kappa shape index (κ2) is 5.48. The van der Waals surface area contributed by atoms with Crippen LogP contribution in [0.1, 0.15) is 43.9 Å². The molecule has 1 unspecified atom stereocenters. The van der Waals surface area contributed by atoms with E-state index in [1.165, 1.54) is 18.2 Å². The van der Waals surface area contributed by atoms with Crippen molar-refractivity contribution in [1.82, 2.24) is 10.2 Å². The quantitative estimate of drug-likeness (QED) is 0.776. The highest BCUT2D eigenvalue weighted by Gasteiger charge is 2.42. The maximum atomic E-state index is 13.0. The van der Waals surface area contributed by atoms with Gasteiger partial charge in [0.25, 0.3) is 11.8 Å². The normalized spacial score (nSPS) is 19.7. The van der Waals surface area contributed by atoms with Crippen molar-refractivity contribution < 1.29 is 29.1 Å². The summed E-state index contributed by atoms with van der Waals surface area (Å²) in [4.78, 5) is 61.5. The number of carbonyl (C=O) groups is 5. The largest absolute Gasteiger partial charge is 0.478 e. The summed E-state index contributed by atoms with van der Waals surface area (Å²) in [6.45, 7) is 0. The van der Waals surface area contributed by atoms with Crippen LogP contribution in [0.2, 0.25) is 0 Å². The van der Waals surface area contributed by atoms with Crippen LogP contribution in [-0.4, -0.2) is 45.6 Å². The van der Waals surface area contributed by atoms with Crippen LogP contribution in [0.25, 0.3) is 10.8 Å². The van der Waals surface area contributed by atoms with Gasteiger partial charge in [0.1, 0.15) is 6.04 Å². The molecule has 8 heteroatoms. The first-order chi connectivity index (χ1) is 12.4. The molecule has 2 N–H and O–H groups in total. The molecule has 1 fully saturated rings. The molecule has 1 saturated heterocycles. The highest BCUT2D eigenvalue weighted by molar-refractivity contribution is 6.27. The molecule has 1 atom stereocenters. The fraction of sp³-hybridized carbons (Fsp3) is 0.167. The van der Waals surface area contributed by atoms with Gasteiger partial charge in [0, 0.05) is 22.9 Å². The molecule has 0 aliphatic carbocycles. The van der Waals surface area contributed by atoms with Crippen LogP contribution >= 0.6 is 0 Å². The summed E-state index contributed by atoms with van der Waals surface area (Å²) in [7, 11) is 0. The number of piperidine rings is 1. The van der Waals surface area contributed by atoms with E-state index in [0.717, 1.165) is 4.90 Å². The second-order valence-corrected chi connectivity index (χ2v) is 6.18. The lowest BCUT2D eigenvalue weighted by atomic mass is 9.90. The minimum Gasteiger partial charge on any atom is -0.478 e. The molecular weight excluding hydrogens is 340 g/mol. The fourth-order valence-corrected chi connectivity index (χ4v) is 3.46. The van der Waals surface area contributed by atoms with Crippen molar-refractivity contribution in [2.24, 2.45) is 0 Å². The lowest BCUT2D eigenvalue weighted by Gasteiger charge is -2.34. The molecule has 26 heavy (non-hydrogen) atoms. The first-order valence-corrected chi connectivity index (χ1v) is 7.90. The number of nitrogens with zero attached hydrogens (tertiary/aromatic N) is 1. The Morgan fingerprint density at radius 2 is 1.81 bits per heavy atom. The Labute approximate surface area is 146 Å². The summed E-state index contributed by atoms with van der Waals surface area (Å²) < 4.78 is 0. The van der Waals surface area contributed by atoms with Crippen LogP contribution in [0.4, 0.5) is 0 Å². The molecule has 2 aliphatic rings. The molecule has 0 saturated carbocycles. The van der Waals surface area contributed by atoms with Gasteiger partial charge in [-0.2, -0.15) is 0 Å². The molecule has 8 nitrogen and oxygen atoms in total. The van der Waals surface area contributed by atoms with E-state index in [2.05, 4.69) is 5.32 Å². The van der Waals surface area contributed by atoms with E-state index in [1.807, 2.05) is 0 Å². The number of amides is 4. The van der Waals surface area contributed by atoms with E-state index in [-0.39, 0.29) is 29.5 Å². The molecule has 0 aromatic heterocycles. The molecule has 2 aromatic rings. The van der Waals surface area contributed by atoms with Gasteiger partial charge in [-0.3, -0.25) is 29.4 Å². The van der Waals surface area contributed by atoms with Crippen molar-refractivity contribution >= 4 is 40.4 Å². The van der Waals surface area contributed by atoms with Crippen molar-refractivity contribution in [3.8, 4) is 0 Å². The Balaban J connectivity index is 1.91. The number of carboxylic acids is 1. The molecule has 2 aliphatic heterocycles. The Morgan fingerprint density at radius 3 is 2.50 bits per heavy atom. The number of rotatable bonds is 2. The van der Waals surface area contributed by atoms with Gasteiger partial charge in [-0.15, -0.1) is 0 Å². The zero-order valence-electron chi connectivity index (χ0n) is 13.3. The van der Waals surface area contributed by atoms with Gasteiger partial charge >= 0.3 is 5.97 Å². The number of hydrogen-bond donors (Lipinski definition) is 2. The highest BCUT2D eigenvalue weighted by atomic mass is 16.4. The fourth-order valence-electron chi connectivity index (χ4n) is 3.46. The average Bonchev–Trinajstić information content (AvgIpc) is 2.60. The van der Waals surface area contributed by atoms with E-state index in [4.69, 9.17) is 0 Å². The zero-order valence-corrected chi connectivity index (χ0v) is 13.3. The lowest BCUT2D eigenvalue weighted by Crippen LogP contribution is -2.57. The summed E-state index contributed by atoms with van der Waals surface area (Å²) in [5.41, 5.74) is 0.189. The molecule has 130 valence electrons. The standard InChI is InChI=1S/C18H12N2O6/c21-13-5-4-12(15(22)19-13)20-16(23)10-3-1-2-8-6-9(18(25)26)7-11(14(8)10)17(20)24/h1-3,6-7,12H,4-5H2,(H,25,26)(H,19,21,22). The summed E-state index contributed by atoms with van der Waals surface area (Å²) in [6, 6.07) is 6.24. The molecule has 0 spiro atoms. The van der Waals surface area contributed by atoms with Crippen LogP contribution in [0.5, 0.6) is 0 Å². The van der Waals surface area contributed by atoms with Gasteiger partial charge in [0.15, 0.2) is 0 Å². The Morgan fingerprint density at radius 1 is 1.08 bits per heavy atom. The number of carbonyl (C=O) groups excluding carboxylic acids is 4. The smallest absolute Gasteiger partial charge is 0.335 e. The first-order valence-electron chi connectivity index (χ1n) is 7.90. The van der Waals surface area contributed by atoms with E-state index >= 15 is 0 Å². The van der Waals surface area contributed by atoms with Crippen LogP contribution < -0.4 is 5.32 Å². The predicted molar refractivity (Wildman–Crippen MR) is 87.6 cm³/mol. The van der Waals surface area contributed by atoms with Gasteiger partial charge in [0.05, 0.1) is 5.56 Å². The Bertz CT molecular complexity index is 1040. The molecule has 0 radical (unpaired) electrons. The van der Waals surface area contributed by atoms with Gasteiger partial charge in [0.2, 0.25) is 11.8 Å². The molecule has 2 aromatic carbocycles. The number of imide groups is 2. The van der Waals surface area contributed by atoms with Crippen molar-refractivity contribution in [3.63, 3.8) is 0 Å². The van der Waals surface area contributed by atoms with E-state index in [9.17, 15) is 29.1 Å². The lowest BCUT2D eigenvalue weighted by molar-refractivity contribution is -0.136. The molecule has 4 amide bonds. The summed E-state index contributed by atoms with van der Waals surface area (Å²) in [5, 5.41) is 12.2. The van der Waals surface area contributed by atoms with Crippen molar-refractivity contribution in [2.45, 2.75) is 18.9 Å². The van der Waals surface area contributed by atoms with Crippen molar-refractivity contribution in [1.29, 1.82) is 0 Å². The topological polar surface area (TPSA) is 121 Å². The minimum atomic E-state index is -1.20. The van der Waals surface area contributed by atoms with Crippen molar-refractivity contribution in [3.05, 3.63) is 47.0 Å². The highest BCUT2D eigenvalue weighted by Crippen LogP contribution is 2.33. The van der Waals surface area contributed by atoms with Gasteiger partial charge < -0.3 is 5.11 Å². The Kier molecular flexibility index (Phi) is 3.36. The van der Waals surface area contributed by atoms with Crippen molar-refractivity contribution in [2.75, 3.05) is 0 Å². The monoisotopic (exact) mass is 352 g/mol. The molecular formula is C18H12N2O6. The third-order valence-corrected chi connectivity index (χ3v) is 4.64. The average molecular weight is 352 g/mol. The number of aromatic carboxylic acids is 1. The van der Waals surface area contributed by atoms with Gasteiger partial charge in [-0.1, -0.05) is 12.1 Å². The number of hydrogen-bond acceptors (Lipinski definition) is 5. The second-order valence-electron chi connectivity index (χ2n) is 6.18. The summed E-state index contributed by atoms with van der Waals surface area (Å²) in [5.74, 6) is -3.75. The SMILES string of the molecule is O=C1CCC(N2C(=O)c3cccc4cc(C(=O)O)cc(c34)C2=O)C(=O)N1. The maximum absolute atomic E-state index is 13.0. The van der Waals surface area contributed by atoms with Crippen LogP contribution in [0.15, 0.2) is 30.3 Å². The van der Waals surface area contributed by atoms with E-state index in [1.54, 1.807) is 12.1 Å². The number of benzene rings is 2.